The van der Waals surface area contributed by atoms with Gasteiger partial charge in [0.25, 0.3) is 0 Å². The lowest BCUT2D eigenvalue weighted by atomic mass is 9.99. The first-order valence-corrected chi connectivity index (χ1v) is 11.8. The molecular weight excluding hydrogens is 450 g/mol. The van der Waals surface area contributed by atoms with Gasteiger partial charge >= 0.3 is 12.1 Å². The van der Waals surface area contributed by atoms with Gasteiger partial charge in [0.2, 0.25) is 5.91 Å². The van der Waals surface area contributed by atoms with Crippen LogP contribution in [0.15, 0.2) is 42.5 Å². The Labute approximate surface area is 205 Å². The van der Waals surface area contributed by atoms with Gasteiger partial charge in [-0.05, 0) is 32.2 Å². The van der Waals surface area contributed by atoms with Gasteiger partial charge in [-0.3, -0.25) is 14.4 Å². The molecular formula is C26H33N3O6. The SMILES string of the molecule is CCOC(=O)N1CCN(C(=O)CC(=O)CC(C)(C)OC(=O)CNc2cccc3ccccc23)CC1. The maximum Gasteiger partial charge on any atom is 0.409 e. The van der Waals surface area contributed by atoms with Crippen molar-refractivity contribution in [2.24, 2.45) is 0 Å². The van der Waals surface area contributed by atoms with Crippen LogP contribution in [0.3, 0.4) is 0 Å². The molecule has 2 amide bonds. The van der Waals surface area contributed by atoms with Crippen molar-refractivity contribution in [2.45, 2.75) is 39.2 Å². The molecule has 1 aliphatic heterocycles. The van der Waals surface area contributed by atoms with Gasteiger partial charge in [-0.1, -0.05) is 36.4 Å². The smallest absolute Gasteiger partial charge is 0.409 e. The van der Waals surface area contributed by atoms with E-state index >= 15 is 0 Å². The number of Topliss-reactive ketones (excluding diaryl/α,β-unsaturated/α-hetero) is 1. The van der Waals surface area contributed by atoms with Gasteiger partial charge in [-0.2, -0.15) is 0 Å². The van der Waals surface area contributed by atoms with E-state index in [2.05, 4.69) is 5.32 Å². The molecule has 0 aromatic heterocycles. The molecule has 0 saturated carbocycles. The second kappa shape index (κ2) is 11.7. The van der Waals surface area contributed by atoms with Crippen LogP contribution in [0.5, 0.6) is 0 Å². The maximum absolute atomic E-state index is 12.5. The number of ether oxygens (including phenoxy) is 2. The number of nitrogens with one attached hydrogen (secondary N) is 1. The van der Waals surface area contributed by atoms with Crippen molar-refractivity contribution >= 4 is 40.2 Å². The van der Waals surface area contributed by atoms with Gasteiger partial charge in [-0.25, -0.2) is 4.79 Å². The fraction of sp³-hybridized carbons (Fsp3) is 0.462. The van der Waals surface area contributed by atoms with Crippen molar-refractivity contribution in [1.29, 1.82) is 0 Å². The Morgan fingerprint density at radius 2 is 1.60 bits per heavy atom. The van der Waals surface area contributed by atoms with Crippen molar-refractivity contribution in [3.8, 4) is 0 Å². The molecule has 3 rings (SSSR count). The molecule has 0 radical (unpaired) electrons. The summed E-state index contributed by atoms with van der Waals surface area (Å²) < 4.78 is 10.5. The second-order valence-electron chi connectivity index (χ2n) is 9.07. The normalized spacial score (nSPS) is 13.9. The summed E-state index contributed by atoms with van der Waals surface area (Å²) in [6.07, 6.45) is -0.731. The quantitative estimate of drug-likeness (QED) is 0.431. The Hall–Kier alpha value is -3.62. The number of hydrogen-bond donors (Lipinski definition) is 1. The van der Waals surface area contributed by atoms with Gasteiger partial charge in [0.1, 0.15) is 17.9 Å². The predicted molar refractivity (Wildman–Crippen MR) is 132 cm³/mol. The van der Waals surface area contributed by atoms with E-state index in [9.17, 15) is 19.2 Å². The zero-order valence-corrected chi connectivity index (χ0v) is 20.5. The zero-order chi connectivity index (χ0) is 25.4. The van der Waals surface area contributed by atoms with Crippen LogP contribution in [0.1, 0.15) is 33.6 Å². The number of nitrogens with zero attached hydrogens (tertiary/aromatic N) is 2. The molecule has 1 heterocycles. The maximum atomic E-state index is 12.5. The third-order valence-corrected chi connectivity index (χ3v) is 5.73. The van der Waals surface area contributed by atoms with Crippen LogP contribution >= 0.6 is 0 Å². The number of esters is 1. The van der Waals surface area contributed by atoms with E-state index in [-0.39, 0.29) is 31.1 Å². The number of anilines is 1. The Kier molecular flexibility index (Phi) is 8.68. The molecule has 35 heavy (non-hydrogen) atoms. The second-order valence-corrected chi connectivity index (χ2v) is 9.07. The molecule has 0 aliphatic carbocycles. The molecule has 9 heteroatoms. The molecule has 1 aliphatic rings. The lowest BCUT2D eigenvalue weighted by molar-refractivity contribution is -0.156. The third kappa shape index (κ3) is 7.43. The van der Waals surface area contributed by atoms with E-state index in [4.69, 9.17) is 9.47 Å². The van der Waals surface area contributed by atoms with E-state index < -0.39 is 17.7 Å². The molecule has 2 aromatic rings. The number of piperazine rings is 1. The fourth-order valence-electron chi connectivity index (χ4n) is 4.10. The van der Waals surface area contributed by atoms with Crippen LogP contribution < -0.4 is 5.32 Å². The number of benzene rings is 2. The number of amides is 2. The number of rotatable bonds is 9. The van der Waals surface area contributed by atoms with Gasteiger partial charge in [-0.15, -0.1) is 0 Å². The standard InChI is InChI=1S/C26H33N3O6/c1-4-34-25(33)29-14-12-28(13-15-29)23(31)16-20(30)17-26(2,3)35-24(32)18-27-22-11-7-9-19-8-5-6-10-21(19)22/h5-11,27H,4,12-18H2,1-3H3. The number of ketones is 1. The summed E-state index contributed by atoms with van der Waals surface area (Å²) in [5, 5.41) is 5.16. The van der Waals surface area contributed by atoms with Gasteiger partial charge < -0.3 is 24.6 Å². The van der Waals surface area contributed by atoms with Crippen LogP contribution in [-0.4, -0.2) is 78.5 Å². The Bertz CT molecular complexity index is 1070. The van der Waals surface area contributed by atoms with Gasteiger partial charge in [0.15, 0.2) is 0 Å². The molecule has 0 atom stereocenters. The highest BCUT2D eigenvalue weighted by Gasteiger charge is 2.30. The van der Waals surface area contributed by atoms with Crippen molar-refractivity contribution in [3.63, 3.8) is 0 Å². The summed E-state index contributed by atoms with van der Waals surface area (Å²) in [5.41, 5.74) is -0.222. The average molecular weight is 484 g/mol. The number of fused-ring (bicyclic) bond motifs is 1. The number of hydrogen-bond acceptors (Lipinski definition) is 7. The monoisotopic (exact) mass is 483 g/mol. The zero-order valence-electron chi connectivity index (χ0n) is 20.5. The Morgan fingerprint density at radius 1 is 0.943 bits per heavy atom. The first kappa shape index (κ1) is 26.0. The van der Waals surface area contributed by atoms with Crippen molar-refractivity contribution in [2.75, 3.05) is 44.6 Å². The van der Waals surface area contributed by atoms with Crippen molar-refractivity contribution in [3.05, 3.63) is 42.5 Å². The topological polar surface area (TPSA) is 105 Å². The van der Waals surface area contributed by atoms with E-state index in [0.29, 0.717) is 32.8 Å². The van der Waals surface area contributed by atoms with Gasteiger partial charge in [0.05, 0.1) is 13.0 Å². The highest BCUT2D eigenvalue weighted by Crippen LogP contribution is 2.23. The van der Waals surface area contributed by atoms with E-state index in [1.807, 2.05) is 42.5 Å². The fourth-order valence-corrected chi connectivity index (χ4v) is 4.10. The first-order chi connectivity index (χ1) is 16.7. The number of carbonyl (C=O) groups is 4. The van der Waals surface area contributed by atoms with Crippen LogP contribution in [-0.2, 0) is 23.9 Å². The molecule has 1 saturated heterocycles. The average Bonchev–Trinajstić information content (AvgIpc) is 2.82. The molecule has 9 nitrogen and oxygen atoms in total. The van der Waals surface area contributed by atoms with Crippen LogP contribution in [0.4, 0.5) is 10.5 Å². The molecule has 1 fully saturated rings. The molecule has 0 unspecified atom stereocenters. The Morgan fingerprint density at radius 3 is 2.31 bits per heavy atom. The summed E-state index contributed by atoms with van der Waals surface area (Å²) in [4.78, 5) is 52.4. The van der Waals surface area contributed by atoms with Crippen LogP contribution in [0, 0.1) is 0 Å². The summed E-state index contributed by atoms with van der Waals surface area (Å²) >= 11 is 0. The molecule has 2 aromatic carbocycles. The van der Waals surface area contributed by atoms with E-state index in [1.54, 1.807) is 30.6 Å². The lowest BCUT2D eigenvalue weighted by Gasteiger charge is -2.34. The highest BCUT2D eigenvalue weighted by molar-refractivity contribution is 5.98. The largest absolute Gasteiger partial charge is 0.458 e. The summed E-state index contributed by atoms with van der Waals surface area (Å²) in [6.45, 7) is 6.74. The van der Waals surface area contributed by atoms with Gasteiger partial charge in [0, 0.05) is 43.7 Å². The summed E-state index contributed by atoms with van der Waals surface area (Å²) in [7, 11) is 0. The Balaban J connectivity index is 1.43. The summed E-state index contributed by atoms with van der Waals surface area (Å²) in [6, 6.07) is 13.6. The third-order valence-electron chi connectivity index (χ3n) is 5.73. The van der Waals surface area contributed by atoms with E-state index in [0.717, 1.165) is 16.5 Å². The minimum atomic E-state index is -1.04. The minimum absolute atomic E-state index is 0.0463. The predicted octanol–water partition coefficient (Wildman–Crippen LogP) is 3.22. The van der Waals surface area contributed by atoms with Crippen molar-refractivity contribution in [1.82, 2.24) is 9.80 Å². The molecule has 1 N–H and O–H groups in total. The highest BCUT2D eigenvalue weighted by atomic mass is 16.6. The van der Waals surface area contributed by atoms with Crippen LogP contribution in [0.25, 0.3) is 10.8 Å². The molecule has 188 valence electrons. The molecule has 0 bridgehead atoms. The lowest BCUT2D eigenvalue weighted by Crippen LogP contribution is -2.51. The molecule has 0 spiro atoms. The van der Waals surface area contributed by atoms with Crippen molar-refractivity contribution < 1.29 is 28.7 Å². The first-order valence-electron chi connectivity index (χ1n) is 11.8. The number of carbonyl (C=O) groups excluding carboxylic acids is 4. The van der Waals surface area contributed by atoms with E-state index in [1.165, 1.54) is 0 Å². The summed E-state index contributed by atoms with van der Waals surface area (Å²) in [5.74, 6) is -1.09. The van der Waals surface area contributed by atoms with Crippen LogP contribution in [0.2, 0.25) is 0 Å². The minimum Gasteiger partial charge on any atom is -0.458 e.